The summed E-state index contributed by atoms with van der Waals surface area (Å²) in [4.78, 5) is 40.1. The number of carbonyl (C=O) groups is 3. The van der Waals surface area contributed by atoms with Gasteiger partial charge >= 0.3 is 0 Å². The molecule has 4 atom stereocenters. The first-order chi connectivity index (χ1) is 16.5. The van der Waals surface area contributed by atoms with Crippen LogP contribution in [0.25, 0.3) is 0 Å². The second kappa shape index (κ2) is 7.78. The highest BCUT2D eigenvalue weighted by atomic mass is 16.3. The van der Waals surface area contributed by atoms with Gasteiger partial charge < -0.3 is 20.4 Å². The van der Waals surface area contributed by atoms with Crippen molar-refractivity contribution in [3.05, 3.63) is 51.0 Å². The highest BCUT2D eigenvalue weighted by Crippen LogP contribution is 2.65. The monoisotopic (exact) mass is 496 g/mol. The van der Waals surface area contributed by atoms with E-state index in [4.69, 9.17) is 0 Å². The molecule has 36 heavy (non-hydrogen) atoms. The average molecular weight is 497 g/mol. The van der Waals surface area contributed by atoms with Gasteiger partial charge in [0.2, 0.25) is 5.78 Å². The number of aliphatic hydroxyl groups excluding tert-OH is 2. The maximum absolute atomic E-state index is 14.0. The summed E-state index contributed by atoms with van der Waals surface area (Å²) in [5.41, 5.74) is -3.45. The zero-order valence-corrected chi connectivity index (χ0v) is 22.2. The van der Waals surface area contributed by atoms with Gasteiger partial charge in [0.15, 0.2) is 17.2 Å². The van der Waals surface area contributed by atoms with Crippen LogP contribution >= 0.6 is 0 Å². The topological polar surface area (TPSA) is 132 Å². The molecule has 4 N–H and O–H groups in total. The minimum absolute atomic E-state index is 0.0643. The lowest BCUT2D eigenvalue weighted by Gasteiger charge is -2.59. The van der Waals surface area contributed by atoms with Gasteiger partial charge in [-0.1, -0.05) is 47.6 Å². The lowest BCUT2D eigenvalue weighted by molar-refractivity contribution is -0.171. The third-order valence-corrected chi connectivity index (χ3v) is 8.85. The molecule has 194 valence electrons. The fourth-order valence-electron chi connectivity index (χ4n) is 7.48. The number of ketones is 3. The van der Waals surface area contributed by atoms with E-state index < -0.39 is 51.0 Å². The number of hydrogen-bond donors (Lipinski definition) is 4. The van der Waals surface area contributed by atoms with Crippen molar-refractivity contribution >= 4 is 17.3 Å². The summed E-state index contributed by atoms with van der Waals surface area (Å²) in [5, 5.41) is 45.8. The zero-order valence-electron chi connectivity index (χ0n) is 22.2. The van der Waals surface area contributed by atoms with Crippen molar-refractivity contribution in [2.24, 2.45) is 22.7 Å². The Labute approximate surface area is 211 Å². The Bertz CT molecular complexity index is 1300. The van der Waals surface area contributed by atoms with E-state index >= 15 is 0 Å². The molecule has 1 aromatic carbocycles. The van der Waals surface area contributed by atoms with Crippen molar-refractivity contribution in [3.63, 3.8) is 0 Å². The average Bonchev–Trinajstić information content (AvgIpc) is 2.72. The van der Waals surface area contributed by atoms with Crippen molar-refractivity contribution < 1.29 is 34.8 Å². The smallest absolute Gasteiger partial charge is 0.209 e. The first-order valence-electron chi connectivity index (χ1n) is 12.5. The van der Waals surface area contributed by atoms with E-state index in [1.807, 2.05) is 40.7 Å². The van der Waals surface area contributed by atoms with Crippen molar-refractivity contribution in [1.29, 1.82) is 0 Å². The second-order valence-corrected chi connectivity index (χ2v) is 12.1. The van der Waals surface area contributed by atoms with Crippen molar-refractivity contribution in [1.82, 2.24) is 0 Å². The number of allylic oxidation sites excluding steroid dienone is 2. The Balaban J connectivity index is 2.10. The number of Topliss-reactive ketones (excluding diaryl/α,β-unsaturated/α-hetero) is 3. The first kappa shape index (κ1) is 26.1. The highest BCUT2D eigenvalue weighted by molar-refractivity contribution is 6.25. The minimum atomic E-state index is -2.59. The summed E-state index contributed by atoms with van der Waals surface area (Å²) in [6, 6.07) is 1.87. The Kier molecular flexibility index (Phi) is 5.65. The molecule has 0 saturated heterocycles. The van der Waals surface area contributed by atoms with E-state index in [2.05, 4.69) is 0 Å². The molecule has 1 aromatic rings. The lowest BCUT2D eigenvalue weighted by atomic mass is 9.44. The molecule has 0 radical (unpaired) electrons. The summed E-state index contributed by atoms with van der Waals surface area (Å²) in [7, 11) is 0. The maximum Gasteiger partial charge on any atom is 0.209 e. The highest BCUT2D eigenvalue weighted by Gasteiger charge is 2.71. The van der Waals surface area contributed by atoms with Crippen LogP contribution in [0.15, 0.2) is 28.7 Å². The third kappa shape index (κ3) is 2.98. The third-order valence-electron chi connectivity index (χ3n) is 8.85. The van der Waals surface area contributed by atoms with Gasteiger partial charge in [-0.05, 0) is 55.2 Å². The molecule has 0 spiro atoms. The van der Waals surface area contributed by atoms with Crippen molar-refractivity contribution in [2.75, 3.05) is 0 Å². The van der Waals surface area contributed by atoms with Crippen LogP contribution in [0.1, 0.15) is 87.9 Å². The Morgan fingerprint density at radius 3 is 2.17 bits per heavy atom. The van der Waals surface area contributed by atoms with Crippen molar-refractivity contribution in [3.8, 4) is 5.75 Å². The number of rotatable bonds is 3. The van der Waals surface area contributed by atoms with E-state index in [-0.39, 0.29) is 40.9 Å². The van der Waals surface area contributed by atoms with Crippen LogP contribution in [0.3, 0.4) is 0 Å². The summed E-state index contributed by atoms with van der Waals surface area (Å²) < 4.78 is 0. The summed E-state index contributed by atoms with van der Waals surface area (Å²) >= 11 is 0. The van der Waals surface area contributed by atoms with Gasteiger partial charge in [-0.3, -0.25) is 14.4 Å². The molecule has 0 saturated carbocycles. The SMILES string of the molecule is CC(=O)C1=C(O)C(C(C)C)[C@@]2(C)C[C@@]3(C)Cc4c(C(C)C)cc(C)c(O)c4C(=O)C3=C(O)[C@@]2(O)C1=O. The first-order valence-corrected chi connectivity index (χ1v) is 12.5. The van der Waals surface area contributed by atoms with Crippen LogP contribution < -0.4 is 0 Å². The predicted octanol–water partition coefficient (Wildman–Crippen LogP) is 4.78. The van der Waals surface area contributed by atoms with Gasteiger partial charge in [-0.25, -0.2) is 0 Å². The molecule has 0 amide bonds. The number of fused-ring (bicyclic) bond motifs is 3. The van der Waals surface area contributed by atoms with Crippen LogP contribution in [-0.2, 0) is 16.0 Å². The molecule has 7 nitrogen and oxygen atoms in total. The van der Waals surface area contributed by atoms with E-state index in [0.29, 0.717) is 17.5 Å². The second-order valence-electron chi connectivity index (χ2n) is 12.1. The predicted molar refractivity (Wildman–Crippen MR) is 134 cm³/mol. The van der Waals surface area contributed by atoms with Crippen LogP contribution in [0.5, 0.6) is 5.75 Å². The van der Waals surface area contributed by atoms with Crippen LogP contribution in [0.2, 0.25) is 0 Å². The molecule has 7 heteroatoms. The van der Waals surface area contributed by atoms with E-state index in [1.165, 1.54) is 0 Å². The molecule has 3 aliphatic rings. The number of aliphatic hydroxyl groups is 3. The van der Waals surface area contributed by atoms with Gasteiger partial charge in [-0.15, -0.1) is 0 Å². The Morgan fingerprint density at radius 2 is 1.67 bits per heavy atom. The number of carbonyl (C=O) groups excluding carboxylic acids is 3. The number of benzene rings is 1. The van der Waals surface area contributed by atoms with E-state index in [9.17, 15) is 34.8 Å². The summed E-state index contributed by atoms with van der Waals surface area (Å²) in [6.45, 7) is 13.9. The number of aryl methyl sites for hydroxylation is 1. The lowest BCUT2D eigenvalue weighted by Crippen LogP contribution is -2.67. The molecular formula is C29H36O7. The molecule has 4 rings (SSSR count). The van der Waals surface area contributed by atoms with Crippen LogP contribution in [0, 0.1) is 29.6 Å². The molecule has 0 fully saturated rings. The summed E-state index contributed by atoms with van der Waals surface area (Å²) in [6.07, 6.45) is 0.389. The Hall–Kier alpha value is -2.93. The molecule has 0 bridgehead atoms. The molecule has 0 aromatic heterocycles. The van der Waals surface area contributed by atoms with Gasteiger partial charge in [0.25, 0.3) is 0 Å². The normalized spacial score (nSPS) is 32.1. The van der Waals surface area contributed by atoms with Crippen LogP contribution in [0.4, 0.5) is 0 Å². The number of phenolic OH excluding ortho intramolecular Hbond substituents is 1. The van der Waals surface area contributed by atoms with Crippen LogP contribution in [-0.4, -0.2) is 43.4 Å². The zero-order chi connectivity index (χ0) is 27.3. The molecule has 1 unspecified atom stereocenters. The van der Waals surface area contributed by atoms with Gasteiger partial charge in [0, 0.05) is 22.3 Å². The summed E-state index contributed by atoms with van der Waals surface area (Å²) in [5.74, 6) is -4.87. The Morgan fingerprint density at radius 1 is 1.08 bits per heavy atom. The van der Waals surface area contributed by atoms with E-state index in [0.717, 1.165) is 12.5 Å². The fourth-order valence-corrected chi connectivity index (χ4v) is 7.48. The van der Waals surface area contributed by atoms with Gasteiger partial charge in [0.1, 0.15) is 22.8 Å². The van der Waals surface area contributed by atoms with Gasteiger partial charge in [-0.2, -0.15) is 0 Å². The maximum atomic E-state index is 14.0. The standard InChI is InChI=1S/C29H36O7/c1-12(2)16-9-14(5)22(31)19-17(16)10-27(7)11-28(8)20(13(3)4)23(32)18(15(6)30)25(34)29(28,36)26(35)21(27)24(19)33/h9,12-13,20,31-32,35-36H,10-11H2,1-8H3/t20?,27-,28-,29+/m1/s1. The number of aromatic hydroxyl groups is 1. The minimum Gasteiger partial charge on any atom is -0.511 e. The quantitative estimate of drug-likeness (QED) is 0.443. The fraction of sp³-hybridized carbons (Fsp3) is 0.552. The number of hydrogen-bond acceptors (Lipinski definition) is 7. The largest absolute Gasteiger partial charge is 0.511 e. The number of phenols is 1. The van der Waals surface area contributed by atoms with E-state index in [1.54, 1.807) is 13.8 Å². The molecule has 0 aliphatic heterocycles. The molecule has 3 aliphatic carbocycles. The molecular weight excluding hydrogens is 460 g/mol. The van der Waals surface area contributed by atoms with Gasteiger partial charge in [0.05, 0.1) is 5.56 Å². The van der Waals surface area contributed by atoms with Crippen molar-refractivity contribution in [2.45, 2.75) is 79.8 Å². The molecule has 0 heterocycles.